The monoisotopic (exact) mass is 259 g/mol. The molecule has 0 fully saturated rings. The maximum atomic E-state index is 12.9. The average Bonchev–Trinajstić information content (AvgIpc) is 2.28. The second kappa shape index (κ2) is 5.13. The molecule has 0 bridgehead atoms. The van der Waals surface area contributed by atoms with Crippen LogP contribution in [0.15, 0.2) is 23.9 Å². The summed E-state index contributed by atoms with van der Waals surface area (Å²) in [6.07, 6.45) is 0.539. The van der Waals surface area contributed by atoms with E-state index in [-0.39, 0.29) is 5.69 Å². The highest BCUT2D eigenvalue weighted by atomic mass is 19.2. The molecule has 1 rings (SSSR count). The highest BCUT2D eigenvalue weighted by Gasteiger charge is 2.17. The molecule has 8 heteroatoms. The van der Waals surface area contributed by atoms with Crippen molar-refractivity contribution in [3.05, 3.63) is 35.5 Å². The highest BCUT2D eigenvalue weighted by molar-refractivity contribution is 6.12. The lowest BCUT2D eigenvalue weighted by atomic mass is 10.2. The first-order chi connectivity index (χ1) is 8.34. The number of hydrogen-bond acceptors (Lipinski definition) is 4. The fraction of sp³-hybridized carbons (Fsp3) is 0. The number of carboxylic acids is 2. The van der Waals surface area contributed by atoms with Gasteiger partial charge in [-0.1, -0.05) is 0 Å². The first-order valence-electron chi connectivity index (χ1n) is 4.45. The summed E-state index contributed by atoms with van der Waals surface area (Å²) in [5, 5.41) is 28.2. The molecule has 96 valence electrons. The molecule has 0 amide bonds. The summed E-state index contributed by atoms with van der Waals surface area (Å²) in [4.78, 5) is 21.0. The van der Waals surface area contributed by atoms with Crippen LogP contribution in [-0.2, 0) is 9.59 Å². The Morgan fingerprint density at radius 2 is 1.72 bits per heavy atom. The Bertz CT molecular complexity index is 525. The third-order valence-electron chi connectivity index (χ3n) is 1.90. The van der Waals surface area contributed by atoms with Crippen LogP contribution in [0.25, 0.3) is 0 Å². The van der Waals surface area contributed by atoms with Crippen molar-refractivity contribution in [3.63, 3.8) is 0 Å². The highest BCUT2D eigenvalue weighted by Crippen LogP contribution is 2.28. The number of phenols is 1. The average molecular weight is 259 g/mol. The van der Waals surface area contributed by atoms with Gasteiger partial charge in [-0.15, -0.1) is 0 Å². The summed E-state index contributed by atoms with van der Waals surface area (Å²) >= 11 is 0. The van der Waals surface area contributed by atoms with E-state index < -0.39 is 34.9 Å². The summed E-state index contributed by atoms with van der Waals surface area (Å²) in [6, 6.07) is 1.61. The maximum absolute atomic E-state index is 12.9. The second-order valence-electron chi connectivity index (χ2n) is 3.07. The van der Waals surface area contributed by atoms with Gasteiger partial charge in [0.25, 0.3) is 0 Å². The van der Waals surface area contributed by atoms with Crippen LogP contribution in [0, 0.1) is 11.6 Å². The Morgan fingerprint density at radius 3 is 2.22 bits per heavy atom. The minimum Gasteiger partial charge on any atom is -0.503 e. The molecule has 1 aromatic carbocycles. The quantitative estimate of drug-likeness (QED) is 0.279. The van der Waals surface area contributed by atoms with E-state index in [9.17, 15) is 18.4 Å². The number of benzene rings is 1. The van der Waals surface area contributed by atoms with E-state index in [0.717, 1.165) is 6.07 Å². The Labute approximate surface area is 98.8 Å². The van der Waals surface area contributed by atoms with E-state index in [2.05, 4.69) is 5.32 Å². The van der Waals surface area contributed by atoms with Crippen molar-refractivity contribution >= 4 is 17.6 Å². The molecular formula is C10H7F2NO5. The van der Waals surface area contributed by atoms with Crippen LogP contribution in [-0.4, -0.2) is 27.3 Å². The summed E-state index contributed by atoms with van der Waals surface area (Å²) in [6.45, 7) is 0. The molecule has 0 atom stereocenters. The number of phenolic OH excluding ortho intramolecular Hbond substituents is 1. The van der Waals surface area contributed by atoms with E-state index in [0.29, 0.717) is 12.3 Å². The number of rotatable bonds is 4. The lowest BCUT2D eigenvalue weighted by Crippen LogP contribution is -2.13. The Balaban J connectivity index is 3.06. The van der Waals surface area contributed by atoms with E-state index in [1.807, 2.05) is 0 Å². The number of aromatic hydroxyl groups is 1. The molecule has 6 nitrogen and oxygen atoms in total. The minimum atomic E-state index is -1.72. The van der Waals surface area contributed by atoms with Gasteiger partial charge < -0.3 is 20.6 Å². The van der Waals surface area contributed by atoms with Crippen LogP contribution in [0.3, 0.4) is 0 Å². The Hall–Kier alpha value is -2.64. The van der Waals surface area contributed by atoms with Crippen molar-refractivity contribution in [1.29, 1.82) is 0 Å². The van der Waals surface area contributed by atoms with Gasteiger partial charge in [0.15, 0.2) is 17.1 Å². The fourth-order valence-corrected chi connectivity index (χ4v) is 1.02. The van der Waals surface area contributed by atoms with E-state index in [1.54, 1.807) is 0 Å². The zero-order valence-corrected chi connectivity index (χ0v) is 8.65. The van der Waals surface area contributed by atoms with Crippen LogP contribution in [0.4, 0.5) is 14.5 Å². The number of anilines is 1. The normalized spacial score (nSPS) is 9.67. The van der Waals surface area contributed by atoms with Gasteiger partial charge in [-0.3, -0.25) is 0 Å². The van der Waals surface area contributed by atoms with Gasteiger partial charge in [-0.05, 0) is 12.1 Å². The molecule has 1 aromatic rings. The van der Waals surface area contributed by atoms with Gasteiger partial charge in [0.1, 0.15) is 0 Å². The van der Waals surface area contributed by atoms with Crippen LogP contribution in [0.1, 0.15) is 0 Å². The van der Waals surface area contributed by atoms with Crippen LogP contribution >= 0.6 is 0 Å². The number of aliphatic carboxylic acids is 2. The second-order valence-corrected chi connectivity index (χ2v) is 3.07. The predicted octanol–water partition coefficient (Wildman–Crippen LogP) is 1.14. The molecule has 0 aliphatic heterocycles. The van der Waals surface area contributed by atoms with Gasteiger partial charge >= 0.3 is 11.9 Å². The molecular weight excluding hydrogens is 252 g/mol. The summed E-state index contributed by atoms with van der Waals surface area (Å²) in [7, 11) is 0. The summed E-state index contributed by atoms with van der Waals surface area (Å²) in [5.41, 5.74) is -1.40. The first-order valence-corrected chi connectivity index (χ1v) is 4.45. The number of hydrogen-bond donors (Lipinski definition) is 4. The standard InChI is InChI=1S/C10H7F2NO5/c11-5-1-2-6(8(14)7(5)12)13-3-4(9(15)16)10(17)18/h1-3,13-14H,(H,15,16)(H,17,18). The molecule has 0 heterocycles. The molecule has 4 N–H and O–H groups in total. The van der Waals surface area contributed by atoms with Crippen LogP contribution < -0.4 is 5.32 Å². The Kier molecular flexibility index (Phi) is 3.82. The maximum Gasteiger partial charge on any atom is 0.344 e. The van der Waals surface area contributed by atoms with Crippen molar-refractivity contribution in [2.45, 2.75) is 0 Å². The van der Waals surface area contributed by atoms with Crippen molar-refractivity contribution in [2.75, 3.05) is 5.32 Å². The molecule has 0 saturated carbocycles. The zero-order chi connectivity index (χ0) is 13.9. The van der Waals surface area contributed by atoms with E-state index in [1.165, 1.54) is 0 Å². The van der Waals surface area contributed by atoms with Crippen molar-refractivity contribution in [2.24, 2.45) is 0 Å². The van der Waals surface area contributed by atoms with Crippen molar-refractivity contribution in [1.82, 2.24) is 0 Å². The number of nitrogens with one attached hydrogen (secondary N) is 1. The summed E-state index contributed by atoms with van der Waals surface area (Å²) < 4.78 is 25.6. The predicted molar refractivity (Wildman–Crippen MR) is 55.0 cm³/mol. The van der Waals surface area contributed by atoms with Gasteiger partial charge in [0.05, 0.1) is 5.69 Å². The molecule has 0 aromatic heterocycles. The van der Waals surface area contributed by atoms with Crippen LogP contribution in [0.5, 0.6) is 5.75 Å². The third kappa shape index (κ3) is 2.73. The van der Waals surface area contributed by atoms with Gasteiger partial charge in [0, 0.05) is 6.20 Å². The Morgan fingerprint density at radius 1 is 1.17 bits per heavy atom. The molecule has 0 unspecified atom stereocenters. The van der Waals surface area contributed by atoms with E-state index >= 15 is 0 Å². The first kappa shape index (κ1) is 13.4. The number of carboxylic acid groups (broad SMARTS) is 2. The van der Waals surface area contributed by atoms with Crippen molar-refractivity contribution < 1.29 is 33.7 Å². The molecule has 18 heavy (non-hydrogen) atoms. The lowest BCUT2D eigenvalue weighted by Gasteiger charge is -2.06. The SMILES string of the molecule is O=C(O)C(=CNc1ccc(F)c(F)c1O)C(=O)O. The largest absolute Gasteiger partial charge is 0.503 e. The minimum absolute atomic E-state index is 0.367. The number of halogens is 2. The van der Waals surface area contributed by atoms with Crippen LogP contribution in [0.2, 0.25) is 0 Å². The summed E-state index contributed by atoms with van der Waals surface area (Å²) in [5.74, 6) is -7.35. The molecule has 0 aliphatic rings. The van der Waals surface area contributed by atoms with Gasteiger partial charge in [0.2, 0.25) is 5.82 Å². The van der Waals surface area contributed by atoms with Crippen molar-refractivity contribution in [3.8, 4) is 5.75 Å². The molecule has 0 aliphatic carbocycles. The third-order valence-corrected chi connectivity index (χ3v) is 1.90. The molecule has 0 spiro atoms. The van der Waals surface area contributed by atoms with E-state index in [4.69, 9.17) is 15.3 Å². The smallest absolute Gasteiger partial charge is 0.344 e. The molecule has 0 radical (unpaired) electrons. The van der Waals surface area contributed by atoms with Gasteiger partial charge in [-0.2, -0.15) is 4.39 Å². The fourth-order valence-electron chi connectivity index (χ4n) is 1.02. The topological polar surface area (TPSA) is 107 Å². The molecule has 0 saturated heterocycles. The lowest BCUT2D eigenvalue weighted by molar-refractivity contribution is -0.140. The zero-order valence-electron chi connectivity index (χ0n) is 8.65. The number of carbonyl (C=O) groups is 2. The van der Waals surface area contributed by atoms with Gasteiger partial charge in [-0.25, -0.2) is 14.0 Å².